The van der Waals surface area contributed by atoms with Gasteiger partial charge in [-0.05, 0) is 51.1 Å². The number of ether oxygens (including phenoxy) is 1. The van der Waals surface area contributed by atoms with Crippen LogP contribution in [-0.4, -0.2) is 39.6 Å². The Hall–Kier alpha value is -2.74. The third kappa shape index (κ3) is 4.16. The minimum atomic E-state index is -0.566. The van der Waals surface area contributed by atoms with Crippen LogP contribution in [-0.2, 0) is 14.3 Å². The second-order valence-corrected chi connectivity index (χ2v) is 7.25. The molecule has 1 aromatic carbocycles. The maximum atomic E-state index is 12.7. The van der Waals surface area contributed by atoms with E-state index >= 15 is 0 Å². The molecule has 0 saturated carbocycles. The maximum absolute atomic E-state index is 12.7. The van der Waals surface area contributed by atoms with Gasteiger partial charge in [-0.15, -0.1) is 0 Å². The van der Waals surface area contributed by atoms with Crippen molar-refractivity contribution in [2.24, 2.45) is 0 Å². The molecular weight excluding hydrogens is 366 g/mol. The standard InChI is InChI=1S/C19H19N3O4S/c1-4-26-18(25)13-5-7-14(8-6-13)22-16(23)10-15(17(22)24)27-19-20-11(2)9-12(3)21-19/h5-9,15H,4,10H2,1-3H3/t15-/m0/s1. The van der Waals surface area contributed by atoms with Crippen molar-refractivity contribution in [3.8, 4) is 0 Å². The fourth-order valence-electron chi connectivity index (χ4n) is 2.80. The number of carbonyl (C=O) groups is 3. The van der Waals surface area contributed by atoms with Gasteiger partial charge in [-0.2, -0.15) is 0 Å². The number of carbonyl (C=O) groups excluding carboxylic acids is 3. The van der Waals surface area contributed by atoms with Gasteiger partial charge < -0.3 is 4.74 Å². The van der Waals surface area contributed by atoms with Crippen molar-refractivity contribution < 1.29 is 19.1 Å². The molecule has 1 aromatic heterocycles. The van der Waals surface area contributed by atoms with Crippen molar-refractivity contribution in [3.63, 3.8) is 0 Å². The number of benzene rings is 1. The predicted molar refractivity (Wildman–Crippen MR) is 101 cm³/mol. The molecule has 1 aliphatic rings. The van der Waals surface area contributed by atoms with E-state index in [2.05, 4.69) is 9.97 Å². The highest BCUT2D eigenvalue weighted by molar-refractivity contribution is 8.00. The Labute approximate surface area is 161 Å². The molecule has 0 bridgehead atoms. The summed E-state index contributed by atoms with van der Waals surface area (Å²) in [5.74, 6) is -1.04. The number of imide groups is 1. The van der Waals surface area contributed by atoms with Crippen LogP contribution in [0.25, 0.3) is 0 Å². The van der Waals surface area contributed by atoms with Crippen LogP contribution >= 0.6 is 11.8 Å². The molecule has 0 aliphatic carbocycles. The summed E-state index contributed by atoms with van der Waals surface area (Å²) in [4.78, 5) is 46.7. The van der Waals surface area contributed by atoms with Gasteiger partial charge >= 0.3 is 5.97 Å². The first-order chi connectivity index (χ1) is 12.9. The lowest BCUT2D eigenvalue weighted by Crippen LogP contribution is -2.31. The van der Waals surface area contributed by atoms with E-state index in [0.29, 0.717) is 16.4 Å². The fraction of sp³-hybridized carbons (Fsp3) is 0.316. The van der Waals surface area contributed by atoms with Gasteiger partial charge in [-0.25, -0.2) is 19.7 Å². The third-order valence-corrected chi connectivity index (χ3v) is 5.00. The van der Waals surface area contributed by atoms with E-state index in [1.807, 2.05) is 19.9 Å². The molecule has 8 heteroatoms. The Morgan fingerprint density at radius 1 is 1.19 bits per heavy atom. The first-order valence-corrected chi connectivity index (χ1v) is 9.40. The third-order valence-electron chi connectivity index (χ3n) is 3.95. The highest BCUT2D eigenvalue weighted by Gasteiger charge is 2.40. The Balaban J connectivity index is 1.76. The van der Waals surface area contributed by atoms with Gasteiger partial charge in [0.05, 0.1) is 17.9 Å². The first-order valence-electron chi connectivity index (χ1n) is 8.52. The second kappa shape index (κ2) is 7.87. The summed E-state index contributed by atoms with van der Waals surface area (Å²) >= 11 is 1.20. The summed E-state index contributed by atoms with van der Waals surface area (Å²) in [5.41, 5.74) is 2.43. The van der Waals surface area contributed by atoms with Crippen molar-refractivity contribution >= 4 is 35.2 Å². The van der Waals surface area contributed by atoms with E-state index in [1.165, 1.54) is 11.8 Å². The molecular formula is C19H19N3O4S. The zero-order valence-corrected chi connectivity index (χ0v) is 16.1. The molecule has 0 unspecified atom stereocenters. The molecule has 0 N–H and O–H groups in total. The van der Waals surface area contributed by atoms with Crippen LogP contribution in [0.3, 0.4) is 0 Å². The number of rotatable bonds is 5. The lowest BCUT2D eigenvalue weighted by Gasteiger charge is -2.15. The van der Waals surface area contributed by atoms with Crippen molar-refractivity contribution in [2.45, 2.75) is 37.6 Å². The highest BCUT2D eigenvalue weighted by atomic mass is 32.2. The molecule has 1 aliphatic heterocycles. The smallest absolute Gasteiger partial charge is 0.338 e. The second-order valence-electron chi connectivity index (χ2n) is 6.08. The number of thioether (sulfide) groups is 1. The van der Waals surface area contributed by atoms with E-state index in [9.17, 15) is 14.4 Å². The van der Waals surface area contributed by atoms with Crippen LogP contribution in [0.2, 0.25) is 0 Å². The maximum Gasteiger partial charge on any atom is 0.338 e. The quantitative estimate of drug-likeness (QED) is 0.444. The van der Waals surface area contributed by atoms with E-state index in [4.69, 9.17) is 4.74 Å². The summed E-state index contributed by atoms with van der Waals surface area (Å²) in [6.07, 6.45) is 0.0828. The summed E-state index contributed by atoms with van der Waals surface area (Å²) in [6, 6.07) is 8.08. The number of amides is 2. The molecule has 1 atom stereocenters. The monoisotopic (exact) mass is 385 g/mol. The van der Waals surface area contributed by atoms with Gasteiger partial charge in [-0.1, -0.05) is 11.8 Å². The number of aryl methyl sites for hydroxylation is 2. The lowest BCUT2D eigenvalue weighted by molar-refractivity contribution is -0.121. The van der Waals surface area contributed by atoms with Crippen molar-refractivity contribution in [1.29, 1.82) is 0 Å². The van der Waals surface area contributed by atoms with Crippen molar-refractivity contribution in [1.82, 2.24) is 9.97 Å². The van der Waals surface area contributed by atoms with Gasteiger partial charge in [0.25, 0.3) is 0 Å². The number of anilines is 1. The summed E-state index contributed by atoms with van der Waals surface area (Å²) in [5, 5.41) is -0.0819. The average molecular weight is 385 g/mol. The number of hydrogen-bond acceptors (Lipinski definition) is 7. The molecule has 2 aromatic rings. The summed E-state index contributed by atoms with van der Waals surface area (Å²) < 4.78 is 4.93. The van der Waals surface area contributed by atoms with Crippen LogP contribution in [0.15, 0.2) is 35.5 Å². The summed E-state index contributed by atoms with van der Waals surface area (Å²) in [7, 11) is 0. The zero-order valence-electron chi connectivity index (χ0n) is 15.3. The first kappa shape index (κ1) is 19.0. The topological polar surface area (TPSA) is 89.5 Å². The molecule has 27 heavy (non-hydrogen) atoms. The summed E-state index contributed by atoms with van der Waals surface area (Å²) in [6.45, 7) is 5.73. The lowest BCUT2D eigenvalue weighted by atomic mass is 10.2. The Kier molecular flexibility index (Phi) is 5.55. The minimum Gasteiger partial charge on any atom is -0.462 e. The van der Waals surface area contributed by atoms with Crippen LogP contribution in [0.1, 0.15) is 35.1 Å². The largest absolute Gasteiger partial charge is 0.462 e. The highest BCUT2D eigenvalue weighted by Crippen LogP contribution is 2.32. The fourth-order valence-corrected chi connectivity index (χ4v) is 3.88. The number of esters is 1. The molecule has 3 rings (SSSR count). The van der Waals surface area contributed by atoms with Crippen LogP contribution in [0.5, 0.6) is 0 Å². The Morgan fingerprint density at radius 2 is 1.81 bits per heavy atom. The van der Waals surface area contributed by atoms with Gasteiger partial charge in [0.2, 0.25) is 11.8 Å². The van der Waals surface area contributed by atoms with Crippen LogP contribution in [0.4, 0.5) is 5.69 Å². The molecule has 2 amide bonds. The number of aromatic nitrogens is 2. The van der Waals surface area contributed by atoms with Gasteiger partial charge in [-0.3, -0.25) is 9.59 Å². The molecule has 1 saturated heterocycles. The molecule has 7 nitrogen and oxygen atoms in total. The average Bonchev–Trinajstić information content (AvgIpc) is 2.88. The molecule has 0 radical (unpaired) electrons. The van der Waals surface area contributed by atoms with E-state index in [1.54, 1.807) is 31.2 Å². The predicted octanol–water partition coefficient (Wildman–Crippen LogP) is 2.69. The van der Waals surface area contributed by atoms with E-state index in [0.717, 1.165) is 16.3 Å². The van der Waals surface area contributed by atoms with E-state index in [-0.39, 0.29) is 24.8 Å². The number of nitrogens with zero attached hydrogens (tertiary/aromatic N) is 3. The molecule has 0 spiro atoms. The Morgan fingerprint density at radius 3 is 2.41 bits per heavy atom. The van der Waals surface area contributed by atoms with Gasteiger partial charge in [0.1, 0.15) is 5.25 Å². The normalized spacial score (nSPS) is 16.7. The van der Waals surface area contributed by atoms with Gasteiger partial charge in [0.15, 0.2) is 5.16 Å². The van der Waals surface area contributed by atoms with Gasteiger partial charge in [0, 0.05) is 17.8 Å². The number of hydrogen-bond donors (Lipinski definition) is 0. The molecule has 2 heterocycles. The minimum absolute atomic E-state index is 0.0828. The van der Waals surface area contributed by atoms with E-state index < -0.39 is 11.2 Å². The van der Waals surface area contributed by atoms with Crippen molar-refractivity contribution in [3.05, 3.63) is 47.3 Å². The SMILES string of the molecule is CCOC(=O)c1ccc(N2C(=O)C[C@H](Sc3nc(C)cc(C)n3)C2=O)cc1. The van der Waals surface area contributed by atoms with Crippen molar-refractivity contribution in [2.75, 3.05) is 11.5 Å². The van der Waals surface area contributed by atoms with Crippen LogP contribution < -0.4 is 4.90 Å². The Bertz CT molecular complexity index is 878. The zero-order chi connectivity index (χ0) is 19.6. The molecule has 140 valence electrons. The van der Waals surface area contributed by atoms with Crippen LogP contribution in [0, 0.1) is 13.8 Å². The molecule has 1 fully saturated rings.